The van der Waals surface area contributed by atoms with Crippen LogP contribution in [-0.2, 0) is 29.4 Å². The van der Waals surface area contributed by atoms with Gasteiger partial charge in [0.2, 0.25) is 5.91 Å². The van der Waals surface area contributed by atoms with Gasteiger partial charge in [-0.25, -0.2) is 9.97 Å². The molecule has 3 rings (SSSR count). The van der Waals surface area contributed by atoms with Gasteiger partial charge in [-0.3, -0.25) is 9.48 Å². The molecule has 2 aromatic rings. The van der Waals surface area contributed by atoms with Gasteiger partial charge in [-0.1, -0.05) is 0 Å². The monoisotopic (exact) mass is 329 g/mol. The summed E-state index contributed by atoms with van der Waals surface area (Å²) < 4.78 is 7.49. The number of hydrogen-bond acceptors (Lipinski definition) is 5. The maximum atomic E-state index is 12.6. The molecule has 1 atom stereocenters. The number of ether oxygens (including phenoxy) is 1. The predicted octanol–water partition coefficient (Wildman–Crippen LogP) is 0.860. The van der Waals surface area contributed by atoms with E-state index in [4.69, 9.17) is 4.74 Å². The lowest BCUT2D eigenvalue weighted by atomic mass is 10.0. The number of carbonyl (C=O) groups is 1. The highest BCUT2D eigenvalue weighted by atomic mass is 16.5. The Kier molecular flexibility index (Phi) is 5.53. The smallest absolute Gasteiger partial charge is 0.223 e. The fourth-order valence-corrected chi connectivity index (χ4v) is 3.00. The van der Waals surface area contributed by atoms with Crippen LogP contribution in [0.4, 0.5) is 0 Å². The summed E-state index contributed by atoms with van der Waals surface area (Å²) in [5.74, 6) is 0.442. The van der Waals surface area contributed by atoms with Crippen molar-refractivity contribution in [2.45, 2.75) is 19.3 Å². The van der Waals surface area contributed by atoms with Crippen LogP contribution in [0.25, 0.3) is 0 Å². The largest absolute Gasteiger partial charge is 0.379 e. The molecule has 1 saturated heterocycles. The van der Waals surface area contributed by atoms with Crippen LogP contribution in [-0.4, -0.2) is 56.9 Å². The summed E-state index contributed by atoms with van der Waals surface area (Å²) in [7, 11) is 1.90. The topological polar surface area (TPSA) is 73.1 Å². The van der Waals surface area contributed by atoms with Crippen LogP contribution < -0.4 is 0 Å². The van der Waals surface area contributed by atoms with E-state index in [1.54, 1.807) is 18.7 Å². The third-order valence-corrected chi connectivity index (χ3v) is 4.35. The molecule has 0 saturated carbocycles. The van der Waals surface area contributed by atoms with Crippen LogP contribution >= 0.6 is 0 Å². The summed E-state index contributed by atoms with van der Waals surface area (Å²) in [4.78, 5) is 22.7. The molecule has 0 N–H and O–H groups in total. The summed E-state index contributed by atoms with van der Waals surface area (Å²) >= 11 is 0. The molecule has 3 heterocycles. The molecule has 1 amide bonds. The Morgan fingerprint density at radius 3 is 3.04 bits per heavy atom. The second-order valence-corrected chi connectivity index (χ2v) is 6.13. The van der Waals surface area contributed by atoms with E-state index in [2.05, 4.69) is 15.1 Å². The van der Waals surface area contributed by atoms with Crippen molar-refractivity contribution in [1.29, 1.82) is 0 Å². The van der Waals surface area contributed by atoms with Crippen molar-refractivity contribution in [2.24, 2.45) is 13.0 Å². The first-order valence-electron chi connectivity index (χ1n) is 8.29. The average Bonchev–Trinajstić information content (AvgIpc) is 2.86. The lowest BCUT2D eigenvalue weighted by Crippen LogP contribution is -2.36. The Labute approximate surface area is 141 Å². The number of amides is 1. The van der Waals surface area contributed by atoms with Crippen molar-refractivity contribution >= 4 is 5.91 Å². The maximum Gasteiger partial charge on any atom is 0.223 e. The first-order chi connectivity index (χ1) is 11.7. The molecule has 2 aromatic heterocycles. The van der Waals surface area contributed by atoms with Crippen molar-refractivity contribution in [2.75, 3.05) is 26.3 Å². The summed E-state index contributed by atoms with van der Waals surface area (Å²) in [6.45, 7) is 2.63. The third-order valence-electron chi connectivity index (χ3n) is 4.35. The number of rotatable bonds is 5. The summed E-state index contributed by atoms with van der Waals surface area (Å²) in [6.07, 6.45) is 7.08. The van der Waals surface area contributed by atoms with Gasteiger partial charge in [-0.2, -0.15) is 5.10 Å². The van der Waals surface area contributed by atoms with E-state index in [1.807, 2.05) is 28.8 Å². The van der Waals surface area contributed by atoms with Gasteiger partial charge in [0.25, 0.3) is 0 Å². The van der Waals surface area contributed by atoms with Crippen LogP contribution in [0.1, 0.15) is 17.8 Å². The lowest BCUT2D eigenvalue weighted by Gasteiger charge is -2.23. The Morgan fingerprint density at radius 1 is 1.38 bits per heavy atom. The van der Waals surface area contributed by atoms with E-state index >= 15 is 0 Å². The molecule has 0 bridgehead atoms. The molecule has 0 aliphatic carbocycles. The van der Waals surface area contributed by atoms with E-state index in [0.29, 0.717) is 39.1 Å². The van der Waals surface area contributed by atoms with Crippen molar-refractivity contribution in [3.63, 3.8) is 0 Å². The minimum Gasteiger partial charge on any atom is -0.379 e. The van der Waals surface area contributed by atoms with Crippen molar-refractivity contribution < 1.29 is 9.53 Å². The standard InChI is InChI=1S/C17H23N5O2/c1-21-16(5-7-20-21)2-3-17(23)22-8-9-24-12-14(11-22)10-15-4-6-18-13-19-15/h4-7,13-14H,2-3,8-12H2,1H3/t14-/m0/s1. The zero-order chi connectivity index (χ0) is 16.8. The van der Waals surface area contributed by atoms with Gasteiger partial charge >= 0.3 is 0 Å². The van der Waals surface area contributed by atoms with E-state index in [9.17, 15) is 4.79 Å². The Morgan fingerprint density at radius 2 is 2.29 bits per heavy atom. The van der Waals surface area contributed by atoms with Crippen LogP contribution in [0.15, 0.2) is 30.9 Å². The first-order valence-corrected chi connectivity index (χ1v) is 8.29. The molecule has 128 valence electrons. The minimum atomic E-state index is 0.175. The SMILES string of the molecule is Cn1nccc1CCC(=O)N1CCOC[C@@H](Cc2ccncn2)C1. The fourth-order valence-electron chi connectivity index (χ4n) is 3.00. The second kappa shape index (κ2) is 8.01. The van der Waals surface area contributed by atoms with Crippen molar-refractivity contribution in [1.82, 2.24) is 24.6 Å². The zero-order valence-electron chi connectivity index (χ0n) is 14.0. The van der Waals surface area contributed by atoms with Crippen molar-refractivity contribution in [3.05, 3.63) is 42.2 Å². The molecular weight excluding hydrogens is 306 g/mol. The van der Waals surface area contributed by atoms with Crippen LogP contribution in [0, 0.1) is 5.92 Å². The molecule has 0 aromatic carbocycles. The quantitative estimate of drug-likeness (QED) is 0.813. The van der Waals surface area contributed by atoms with Gasteiger partial charge < -0.3 is 9.64 Å². The highest BCUT2D eigenvalue weighted by Gasteiger charge is 2.23. The lowest BCUT2D eigenvalue weighted by molar-refractivity contribution is -0.131. The van der Waals surface area contributed by atoms with Crippen LogP contribution in [0.3, 0.4) is 0 Å². The molecule has 0 unspecified atom stereocenters. The third kappa shape index (κ3) is 4.38. The van der Waals surface area contributed by atoms with Gasteiger partial charge in [-0.15, -0.1) is 0 Å². The molecule has 24 heavy (non-hydrogen) atoms. The normalized spacial score (nSPS) is 18.4. The Hall–Kier alpha value is -2.28. The molecular formula is C17H23N5O2. The fraction of sp³-hybridized carbons (Fsp3) is 0.529. The highest BCUT2D eigenvalue weighted by Crippen LogP contribution is 2.14. The van der Waals surface area contributed by atoms with Gasteiger partial charge in [0.15, 0.2) is 0 Å². The Bertz CT molecular complexity index is 658. The average molecular weight is 329 g/mol. The van der Waals surface area contributed by atoms with E-state index in [-0.39, 0.29) is 11.8 Å². The Balaban J connectivity index is 1.55. The predicted molar refractivity (Wildman–Crippen MR) is 88.2 cm³/mol. The van der Waals surface area contributed by atoms with Gasteiger partial charge in [-0.05, 0) is 25.0 Å². The van der Waals surface area contributed by atoms with E-state index in [1.165, 1.54) is 0 Å². The number of aryl methyl sites for hydroxylation is 2. The summed E-state index contributed by atoms with van der Waals surface area (Å²) in [5, 5.41) is 4.14. The number of aromatic nitrogens is 4. The van der Waals surface area contributed by atoms with Gasteiger partial charge in [0.05, 0.1) is 13.2 Å². The van der Waals surface area contributed by atoms with Gasteiger partial charge in [0.1, 0.15) is 6.33 Å². The van der Waals surface area contributed by atoms with E-state index in [0.717, 1.165) is 17.8 Å². The molecule has 0 spiro atoms. The van der Waals surface area contributed by atoms with Crippen molar-refractivity contribution in [3.8, 4) is 0 Å². The maximum absolute atomic E-state index is 12.6. The number of nitrogens with zero attached hydrogens (tertiary/aromatic N) is 5. The molecule has 7 nitrogen and oxygen atoms in total. The number of carbonyl (C=O) groups excluding carboxylic acids is 1. The molecule has 7 heteroatoms. The van der Waals surface area contributed by atoms with Crippen LogP contribution in [0.2, 0.25) is 0 Å². The molecule has 0 radical (unpaired) electrons. The van der Waals surface area contributed by atoms with Gasteiger partial charge in [0, 0.05) is 56.3 Å². The first kappa shape index (κ1) is 16.6. The minimum absolute atomic E-state index is 0.175. The molecule has 1 aliphatic heterocycles. The second-order valence-electron chi connectivity index (χ2n) is 6.13. The molecule has 1 fully saturated rings. The summed E-state index contributed by atoms with van der Waals surface area (Å²) in [6, 6.07) is 3.87. The summed E-state index contributed by atoms with van der Waals surface area (Å²) in [5.41, 5.74) is 2.06. The van der Waals surface area contributed by atoms with E-state index < -0.39 is 0 Å². The highest BCUT2D eigenvalue weighted by molar-refractivity contribution is 5.76. The molecule has 1 aliphatic rings. The van der Waals surface area contributed by atoms with Crippen LogP contribution in [0.5, 0.6) is 0 Å². The zero-order valence-corrected chi connectivity index (χ0v) is 14.0. The number of hydrogen-bond donors (Lipinski definition) is 0.